The van der Waals surface area contributed by atoms with Gasteiger partial charge in [-0.2, -0.15) is 0 Å². The van der Waals surface area contributed by atoms with Crippen LogP contribution in [-0.4, -0.2) is 17.0 Å². The smallest absolute Gasteiger partial charge is 0.155 e. The summed E-state index contributed by atoms with van der Waals surface area (Å²) in [5, 5.41) is 11.0. The van der Waals surface area contributed by atoms with E-state index in [1.54, 1.807) is 5.57 Å². The number of rotatable bonds is 2. The number of carbonyl (C=O) groups excluding carboxylic acids is 1. The first kappa shape index (κ1) is 18.5. The highest BCUT2D eigenvalue weighted by molar-refractivity contribution is 5.91. The third-order valence-corrected chi connectivity index (χ3v) is 9.05. The molecule has 4 aliphatic carbocycles. The number of aliphatic hydroxyl groups excluding tert-OH is 1. The first-order valence-electron chi connectivity index (χ1n) is 10.9. The molecule has 0 aromatic carbocycles. The van der Waals surface area contributed by atoms with Crippen LogP contribution in [0.15, 0.2) is 23.3 Å². The van der Waals surface area contributed by atoms with Gasteiger partial charge in [0.1, 0.15) is 0 Å². The molecule has 1 N–H and O–H groups in total. The largest absolute Gasteiger partial charge is 0.389 e. The molecule has 0 heterocycles. The average molecular weight is 357 g/mol. The molecule has 4 aliphatic rings. The van der Waals surface area contributed by atoms with Gasteiger partial charge in [-0.25, -0.2) is 0 Å². The minimum atomic E-state index is -0.404. The van der Waals surface area contributed by atoms with Crippen molar-refractivity contribution in [2.45, 2.75) is 85.2 Å². The Bertz CT molecular complexity index is 659. The van der Waals surface area contributed by atoms with Crippen molar-refractivity contribution in [3.05, 3.63) is 23.3 Å². The molecule has 3 saturated carbocycles. The van der Waals surface area contributed by atoms with E-state index in [1.165, 1.54) is 25.7 Å². The van der Waals surface area contributed by atoms with Crippen LogP contribution < -0.4 is 0 Å². The molecule has 7 unspecified atom stereocenters. The fourth-order valence-electron chi connectivity index (χ4n) is 7.82. The minimum absolute atomic E-state index is 0.0456. The summed E-state index contributed by atoms with van der Waals surface area (Å²) in [4.78, 5) is 12.0. The van der Waals surface area contributed by atoms with Gasteiger partial charge in [0.05, 0.1) is 6.10 Å². The van der Waals surface area contributed by atoms with E-state index < -0.39 is 6.10 Å². The molecule has 0 aromatic rings. The lowest BCUT2D eigenvalue weighted by molar-refractivity contribution is -0.119. The average Bonchev–Trinajstić information content (AvgIpc) is 2.94. The second kappa shape index (κ2) is 6.33. The van der Waals surface area contributed by atoms with E-state index in [1.807, 2.05) is 6.08 Å². The summed E-state index contributed by atoms with van der Waals surface area (Å²) in [5.41, 5.74) is 3.11. The molecule has 144 valence electrons. The second-order valence-corrected chi connectivity index (χ2v) is 10.1. The zero-order valence-corrected chi connectivity index (χ0v) is 17.1. The second-order valence-electron chi connectivity index (χ2n) is 10.1. The molecular formula is C24H36O2. The Labute approximate surface area is 159 Å². The van der Waals surface area contributed by atoms with E-state index in [0.29, 0.717) is 23.7 Å². The van der Waals surface area contributed by atoms with Crippen molar-refractivity contribution in [2.24, 2.45) is 34.5 Å². The Morgan fingerprint density at radius 3 is 2.73 bits per heavy atom. The molecule has 0 bridgehead atoms. The molecule has 2 heteroatoms. The molecule has 2 nitrogen and oxygen atoms in total. The van der Waals surface area contributed by atoms with E-state index in [4.69, 9.17) is 0 Å². The normalized spacial score (nSPS) is 48.5. The minimum Gasteiger partial charge on any atom is -0.389 e. The third-order valence-electron chi connectivity index (χ3n) is 9.05. The fourth-order valence-corrected chi connectivity index (χ4v) is 7.82. The lowest BCUT2D eigenvalue weighted by atomic mass is 9.46. The lowest BCUT2D eigenvalue weighted by Gasteiger charge is -2.59. The summed E-state index contributed by atoms with van der Waals surface area (Å²) in [6, 6.07) is 0. The van der Waals surface area contributed by atoms with Crippen LogP contribution in [0.3, 0.4) is 0 Å². The monoisotopic (exact) mass is 356 g/mol. The number of hydrogen-bond donors (Lipinski definition) is 1. The van der Waals surface area contributed by atoms with Crippen LogP contribution in [0.4, 0.5) is 0 Å². The van der Waals surface area contributed by atoms with Gasteiger partial charge in [0.25, 0.3) is 0 Å². The Morgan fingerprint density at radius 1 is 1.23 bits per heavy atom. The van der Waals surface area contributed by atoms with Crippen LogP contribution in [0.1, 0.15) is 79.1 Å². The summed E-state index contributed by atoms with van der Waals surface area (Å²) in [6.07, 6.45) is 12.7. The van der Waals surface area contributed by atoms with Crippen molar-refractivity contribution in [3.63, 3.8) is 0 Å². The van der Waals surface area contributed by atoms with Gasteiger partial charge in [0.15, 0.2) is 5.78 Å². The molecule has 0 amide bonds. The van der Waals surface area contributed by atoms with E-state index >= 15 is 0 Å². The van der Waals surface area contributed by atoms with Gasteiger partial charge in [0, 0.05) is 6.42 Å². The van der Waals surface area contributed by atoms with Crippen LogP contribution in [-0.2, 0) is 4.79 Å². The summed E-state index contributed by atoms with van der Waals surface area (Å²) >= 11 is 0. The Morgan fingerprint density at radius 2 is 2.00 bits per heavy atom. The van der Waals surface area contributed by atoms with Crippen molar-refractivity contribution in [1.29, 1.82) is 0 Å². The van der Waals surface area contributed by atoms with Gasteiger partial charge in [-0.05, 0) is 98.0 Å². The topological polar surface area (TPSA) is 37.3 Å². The fraction of sp³-hybridized carbons (Fsp3) is 0.792. The lowest BCUT2D eigenvalue weighted by Crippen LogP contribution is -2.53. The van der Waals surface area contributed by atoms with Crippen LogP contribution in [0, 0.1) is 34.5 Å². The highest BCUT2D eigenvalue weighted by Crippen LogP contribution is 2.67. The number of allylic oxidation sites excluding steroid dienone is 2. The third kappa shape index (κ3) is 2.51. The number of aliphatic hydroxyl groups is 1. The molecule has 4 rings (SSSR count). The van der Waals surface area contributed by atoms with Gasteiger partial charge in [-0.15, -0.1) is 0 Å². The zero-order valence-electron chi connectivity index (χ0n) is 17.1. The molecule has 3 fully saturated rings. The van der Waals surface area contributed by atoms with Gasteiger partial charge >= 0.3 is 0 Å². The zero-order chi connectivity index (χ0) is 18.7. The highest BCUT2D eigenvalue weighted by atomic mass is 16.3. The van der Waals surface area contributed by atoms with Gasteiger partial charge in [-0.3, -0.25) is 4.79 Å². The van der Waals surface area contributed by atoms with Crippen molar-refractivity contribution < 1.29 is 9.90 Å². The van der Waals surface area contributed by atoms with Crippen LogP contribution in [0.2, 0.25) is 0 Å². The summed E-state index contributed by atoms with van der Waals surface area (Å²) in [7, 11) is 0. The maximum Gasteiger partial charge on any atom is 0.155 e. The molecule has 0 aromatic heterocycles. The number of fused-ring (bicyclic) bond motifs is 5. The summed E-state index contributed by atoms with van der Waals surface area (Å²) < 4.78 is 0. The standard InChI is InChI=1S/C24H36O2/c1-5-6-15(2)18-7-8-19-17-14-22(26)21-13-16(25)9-11-24(21,4)20(17)10-12-23(18,19)3/h6,13,17-20,22,26H,5,7-12,14H2,1-4H3/b15-6+. The van der Waals surface area contributed by atoms with Crippen molar-refractivity contribution in [3.8, 4) is 0 Å². The molecule has 0 aliphatic heterocycles. The quantitative estimate of drug-likeness (QED) is 0.667. The van der Waals surface area contributed by atoms with Crippen LogP contribution in [0.5, 0.6) is 0 Å². The highest BCUT2D eigenvalue weighted by Gasteiger charge is 2.60. The van der Waals surface area contributed by atoms with E-state index in [9.17, 15) is 9.90 Å². The predicted molar refractivity (Wildman–Crippen MR) is 106 cm³/mol. The van der Waals surface area contributed by atoms with E-state index in [0.717, 1.165) is 36.7 Å². The first-order chi connectivity index (χ1) is 12.3. The SMILES string of the molecule is CC/C=C(\C)C1CCC2C3CC(O)C4=CC(=O)CCC4(C)C3CCC12C. The Balaban J connectivity index is 1.67. The number of carbonyl (C=O) groups is 1. The maximum atomic E-state index is 12.0. The predicted octanol–water partition coefficient (Wildman–Crippen LogP) is 5.46. The molecule has 26 heavy (non-hydrogen) atoms. The van der Waals surface area contributed by atoms with Gasteiger partial charge < -0.3 is 5.11 Å². The number of hydrogen-bond acceptors (Lipinski definition) is 2. The Kier molecular flexibility index (Phi) is 4.50. The van der Waals surface area contributed by atoms with E-state index in [-0.39, 0.29) is 11.2 Å². The Hall–Kier alpha value is -0.890. The van der Waals surface area contributed by atoms with Gasteiger partial charge in [-0.1, -0.05) is 32.4 Å². The van der Waals surface area contributed by atoms with Crippen LogP contribution in [0.25, 0.3) is 0 Å². The van der Waals surface area contributed by atoms with Crippen LogP contribution >= 0.6 is 0 Å². The molecule has 0 spiro atoms. The van der Waals surface area contributed by atoms with Crippen molar-refractivity contribution >= 4 is 5.78 Å². The van der Waals surface area contributed by atoms with Gasteiger partial charge in [0.2, 0.25) is 0 Å². The van der Waals surface area contributed by atoms with Crippen molar-refractivity contribution in [1.82, 2.24) is 0 Å². The maximum absolute atomic E-state index is 12.0. The molecule has 7 atom stereocenters. The number of ketones is 1. The molecular weight excluding hydrogens is 320 g/mol. The van der Waals surface area contributed by atoms with Crippen molar-refractivity contribution in [2.75, 3.05) is 0 Å². The summed E-state index contributed by atoms with van der Waals surface area (Å²) in [5.74, 6) is 2.95. The first-order valence-corrected chi connectivity index (χ1v) is 10.9. The molecule has 0 radical (unpaired) electrons. The van der Waals surface area contributed by atoms with E-state index in [2.05, 4.69) is 33.8 Å². The molecule has 0 saturated heterocycles. The summed E-state index contributed by atoms with van der Waals surface area (Å²) in [6.45, 7) is 9.48.